The number of ether oxygens (including phenoxy) is 3. The van der Waals surface area contributed by atoms with E-state index in [1.165, 1.54) is 5.56 Å². The number of rotatable bonds is 7. The molecule has 4 heteroatoms. The Labute approximate surface area is 121 Å². The minimum absolute atomic E-state index is 0.141. The lowest BCUT2D eigenvalue weighted by atomic mass is 10.1. The molecular weight excluding hydrogens is 254 g/mol. The van der Waals surface area contributed by atoms with E-state index in [0.29, 0.717) is 13.2 Å². The maximum atomic E-state index is 6.03. The SMILES string of the molecule is CCNCc1ccc(OC2CCCOC2)c(OCC)c1. The molecule has 1 fully saturated rings. The van der Waals surface area contributed by atoms with Gasteiger partial charge >= 0.3 is 0 Å². The molecular formula is C16H25NO3. The third kappa shape index (κ3) is 4.39. The van der Waals surface area contributed by atoms with E-state index in [1.807, 2.05) is 13.0 Å². The third-order valence-corrected chi connectivity index (χ3v) is 3.30. The maximum absolute atomic E-state index is 6.03. The Morgan fingerprint density at radius 1 is 1.30 bits per heavy atom. The highest BCUT2D eigenvalue weighted by Gasteiger charge is 2.17. The van der Waals surface area contributed by atoms with E-state index < -0.39 is 0 Å². The molecule has 1 aromatic carbocycles. The zero-order chi connectivity index (χ0) is 14.2. The van der Waals surface area contributed by atoms with Gasteiger partial charge in [-0.3, -0.25) is 0 Å². The second-order valence-corrected chi connectivity index (χ2v) is 4.95. The summed E-state index contributed by atoms with van der Waals surface area (Å²) >= 11 is 0. The van der Waals surface area contributed by atoms with Crippen LogP contribution in [0.2, 0.25) is 0 Å². The Kier molecular flexibility index (Phi) is 6.15. The van der Waals surface area contributed by atoms with Crippen LogP contribution in [0.25, 0.3) is 0 Å². The van der Waals surface area contributed by atoms with Crippen LogP contribution in [0.3, 0.4) is 0 Å². The molecule has 1 aliphatic rings. The lowest BCUT2D eigenvalue weighted by Gasteiger charge is -2.24. The summed E-state index contributed by atoms with van der Waals surface area (Å²) in [7, 11) is 0. The second kappa shape index (κ2) is 8.12. The highest BCUT2D eigenvalue weighted by molar-refractivity contribution is 5.43. The van der Waals surface area contributed by atoms with Crippen molar-refractivity contribution in [2.45, 2.75) is 39.3 Å². The Hall–Kier alpha value is -1.26. The fourth-order valence-electron chi connectivity index (χ4n) is 2.28. The van der Waals surface area contributed by atoms with Crippen molar-refractivity contribution in [2.24, 2.45) is 0 Å². The minimum atomic E-state index is 0.141. The van der Waals surface area contributed by atoms with E-state index in [0.717, 1.165) is 44.0 Å². The van der Waals surface area contributed by atoms with Gasteiger partial charge < -0.3 is 19.5 Å². The molecule has 0 saturated carbocycles. The molecule has 1 saturated heterocycles. The van der Waals surface area contributed by atoms with Crippen LogP contribution in [0, 0.1) is 0 Å². The molecule has 1 aromatic rings. The summed E-state index contributed by atoms with van der Waals surface area (Å²) in [6.07, 6.45) is 2.25. The van der Waals surface area contributed by atoms with Crippen molar-refractivity contribution in [1.82, 2.24) is 5.32 Å². The summed E-state index contributed by atoms with van der Waals surface area (Å²) < 4.78 is 17.2. The van der Waals surface area contributed by atoms with Crippen LogP contribution in [0.15, 0.2) is 18.2 Å². The van der Waals surface area contributed by atoms with Crippen LogP contribution in [0.4, 0.5) is 0 Å². The van der Waals surface area contributed by atoms with Crippen LogP contribution in [0.5, 0.6) is 11.5 Å². The first-order valence-electron chi connectivity index (χ1n) is 7.54. The van der Waals surface area contributed by atoms with Crippen molar-refractivity contribution in [3.63, 3.8) is 0 Å². The van der Waals surface area contributed by atoms with Gasteiger partial charge in [-0.25, -0.2) is 0 Å². The second-order valence-electron chi connectivity index (χ2n) is 4.95. The zero-order valence-electron chi connectivity index (χ0n) is 12.5. The lowest BCUT2D eigenvalue weighted by Crippen LogP contribution is -2.28. The van der Waals surface area contributed by atoms with Gasteiger partial charge in [0.2, 0.25) is 0 Å². The quantitative estimate of drug-likeness (QED) is 0.833. The molecule has 0 bridgehead atoms. The monoisotopic (exact) mass is 279 g/mol. The molecule has 0 amide bonds. The largest absolute Gasteiger partial charge is 0.490 e. The van der Waals surface area contributed by atoms with Gasteiger partial charge in [-0.1, -0.05) is 13.0 Å². The molecule has 0 aromatic heterocycles. The van der Waals surface area contributed by atoms with Gasteiger partial charge in [0.25, 0.3) is 0 Å². The van der Waals surface area contributed by atoms with Gasteiger partial charge in [-0.05, 0) is 44.0 Å². The minimum Gasteiger partial charge on any atom is -0.490 e. The van der Waals surface area contributed by atoms with Crippen LogP contribution in [-0.2, 0) is 11.3 Å². The molecule has 1 aliphatic heterocycles. The topological polar surface area (TPSA) is 39.7 Å². The van der Waals surface area contributed by atoms with Crippen molar-refractivity contribution < 1.29 is 14.2 Å². The smallest absolute Gasteiger partial charge is 0.161 e. The predicted octanol–water partition coefficient (Wildman–Crippen LogP) is 2.75. The Morgan fingerprint density at radius 3 is 2.90 bits per heavy atom. The molecule has 0 spiro atoms. The molecule has 0 aliphatic carbocycles. The lowest BCUT2D eigenvalue weighted by molar-refractivity contribution is 0.00624. The van der Waals surface area contributed by atoms with Crippen molar-refractivity contribution in [1.29, 1.82) is 0 Å². The van der Waals surface area contributed by atoms with Crippen LogP contribution in [-0.4, -0.2) is 32.5 Å². The first-order valence-corrected chi connectivity index (χ1v) is 7.54. The normalized spacial score (nSPS) is 18.8. The van der Waals surface area contributed by atoms with Crippen molar-refractivity contribution in [3.05, 3.63) is 23.8 Å². The maximum Gasteiger partial charge on any atom is 0.161 e. The van der Waals surface area contributed by atoms with Crippen molar-refractivity contribution in [3.8, 4) is 11.5 Å². The Balaban J connectivity index is 2.05. The summed E-state index contributed by atoms with van der Waals surface area (Å²) in [5.74, 6) is 1.65. The average Bonchev–Trinajstić information content (AvgIpc) is 2.49. The first kappa shape index (κ1) is 15.1. The molecule has 1 atom stereocenters. The zero-order valence-corrected chi connectivity index (χ0v) is 12.5. The van der Waals surface area contributed by atoms with Gasteiger partial charge in [0.05, 0.1) is 13.2 Å². The highest BCUT2D eigenvalue weighted by atomic mass is 16.6. The van der Waals surface area contributed by atoms with E-state index in [1.54, 1.807) is 0 Å². The van der Waals surface area contributed by atoms with E-state index in [-0.39, 0.29) is 6.10 Å². The molecule has 1 unspecified atom stereocenters. The molecule has 1 N–H and O–H groups in total. The van der Waals surface area contributed by atoms with Gasteiger partial charge in [-0.2, -0.15) is 0 Å². The summed E-state index contributed by atoms with van der Waals surface area (Å²) in [6.45, 7) is 8.06. The molecule has 112 valence electrons. The van der Waals surface area contributed by atoms with E-state index in [9.17, 15) is 0 Å². The third-order valence-electron chi connectivity index (χ3n) is 3.30. The number of hydrogen-bond acceptors (Lipinski definition) is 4. The Bertz CT molecular complexity index is 403. The first-order chi connectivity index (χ1) is 9.83. The fraction of sp³-hybridized carbons (Fsp3) is 0.625. The van der Waals surface area contributed by atoms with Crippen LogP contribution in [0.1, 0.15) is 32.3 Å². The summed E-state index contributed by atoms with van der Waals surface area (Å²) in [5.41, 5.74) is 1.21. The van der Waals surface area contributed by atoms with Gasteiger partial charge in [0.15, 0.2) is 11.5 Å². The number of nitrogens with one attached hydrogen (secondary N) is 1. The van der Waals surface area contributed by atoms with Crippen LogP contribution < -0.4 is 14.8 Å². The Morgan fingerprint density at radius 2 is 2.20 bits per heavy atom. The molecule has 20 heavy (non-hydrogen) atoms. The molecule has 2 rings (SSSR count). The van der Waals surface area contributed by atoms with Gasteiger partial charge in [0.1, 0.15) is 6.10 Å². The fourth-order valence-corrected chi connectivity index (χ4v) is 2.28. The standard InChI is InChI=1S/C16H25NO3/c1-3-17-11-13-7-8-15(16(10-13)19-4-2)20-14-6-5-9-18-12-14/h7-8,10,14,17H,3-6,9,11-12H2,1-2H3. The number of hydrogen-bond donors (Lipinski definition) is 1. The predicted molar refractivity (Wildman–Crippen MR) is 79.5 cm³/mol. The molecule has 4 nitrogen and oxygen atoms in total. The summed E-state index contributed by atoms with van der Waals surface area (Å²) in [6, 6.07) is 6.15. The van der Waals surface area contributed by atoms with E-state index >= 15 is 0 Å². The summed E-state index contributed by atoms with van der Waals surface area (Å²) in [5, 5.41) is 3.32. The van der Waals surface area contributed by atoms with Crippen molar-refractivity contribution in [2.75, 3.05) is 26.4 Å². The molecule has 1 heterocycles. The van der Waals surface area contributed by atoms with Crippen molar-refractivity contribution >= 4 is 0 Å². The molecule has 0 radical (unpaired) electrons. The van der Waals surface area contributed by atoms with E-state index in [4.69, 9.17) is 14.2 Å². The highest BCUT2D eigenvalue weighted by Crippen LogP contribution is 2.30. The van der Waals surface area contributed by atoms with Crippen LogP contribution >= 0.6 is 0 Å². The number of benzene rings is 1. The average molecular weight is 279 g/mol. The summed E-state index contributed by atoms with van der Waals surface area (Å²) in [4.78, 5) is 0. The van der Waals surface area contributed by atoms with Gasteiger partial charge in [-0.15, -0.1) is 0 Å². The van der Waals surface area contributed by atoms with E-state index in [2.05, 4.69) is 24.4 Å². The van der Waals surface area contributed by atoms with Gasteiger partial charge in [0, 0.05) is 13.2 Å².